The number of imidazole rings is 1. The molecule has 2 N–H and O–H groups in total. The first-order valence-corrected chi connectivity index (χ1v) is 11.1. The van der Waals surface area contributed by atoms with Crippen molar-refractivity contribution >= 4 is 35.3 Å². The molecule has 0 saturated heterocycles. The van der Waals surface area contributed by atoms with Crippen LogP contribution in [0.25, 0.3) is 0 Å². The first-order chi connectivity index (χ1) is 13.9. The SMILES string of the molecule is CCCCCCSC(CCc1ccc(Cl)cc1)Cn1ccnc1.O=C(O)C(=O)O. The van der Waals surface area contributed by atoms with Gasteiger partial charge in [-0.3, -0.25) is 0 Å². The number of carboxylic acid groups (broad SMARTS) is 2. The molecule has 1 heterocycles. The molecule has 0 bridgehead atoms. The second-order valence-corrected chi connectivity index (χ2v) is 8.43. The number of hydrogen-bond acceptors (Lipinski definition) is 4. The summed E-state index contributed by atoms with van der Waals surface area (Å²) >= 11 is 8.08. The number of aromatic nitrogens is 2. The van der Waals surface area contributed by atoms with Crippen LogP contribution in [0.5, 0.6) is 0 Å². The Morgan fingerprint density at radius 1 is 1.14 bits per heavy atom. The van der Waals surface area contributed by atoms with Crippen LogP contribution in [-0.2, 0) is 22.6 Å². The Labute approximate surface area is 181 Å². The maximum Gasteiger partial charge on any atom is 0.414 e. The Kier molecular flexibility index (Phi) is 12.9. The number of nitrogens with zero attached hydrogens (tertiary/aromatic N) is 2. The Morgan fingerprint density at radius 2 is 1.83 bits per heavy atom. The zero-order valence-corrected chi connectivity index (χ0v) is 18.2. The van der Waals surface area contributed by atoms with Crippen LogP contribution in [0.15, 0.2) is 43.0 Å². The Bertz CT molecular complexity index is 696. The lowest BCUT2D eigenvalue weighted by atomic mass is 10.1. The minimum atomic E-state index is -1.82. The molecule has 2 rings (SSSR count). The van der Waals surface area contributed by atoms with Crippen LogP contribution in [0.3, 0.4) is 0 Å². The van der Waals surface area contributed by atoms with Gasteiger partial charge in [-0.2, -0.15) is 11.8 Å². The summed E-state index contributed by atoms with van der Waals surface area (Å²) in [6.07, 6.45) is 13.5. The number of benzene rings is 1. The normalized spacial score (nSPS) is 11.4. The van der Waals surface area contributed by atoms with Crippen molar-refractivity contribution in [1.82, 2.24) is 9.55 Å². The number of thioether (sulfide) groups is 1. The average molecular weight is 441 g/mol. The second kappa shape index (κ2) is 14.9. The van der Waals surface area contributed by atoms with Crippen molar-refractivity contribution in [2.45, 2.75) is 57.2 Å². The largest absolute Gasteiger partial charge is 0.473 e. The third kappa shape index (κ3) is 12.2. The van der Waals surface area contributed by atoms with Gasteiger partial charge in [0.1, 0.15) is 0 Å². The van der Waals surface area contributed by atoms with Gasteiger partial charge in [-0.1, -0.05) is 49.9 Å². The summed E-state index contributed by atoms with van der Waals surface area (Å²) in [5.74, 6) is -2.38. The third-order valence-corrected chi connectivity index (χ3v) is 5.81. The molecule has 0 aliphatic rings. The Balaban J connectivity index is 0.000000612. The Hall–Kier alpha value is -1.99. The van der Waals surface area contributed by atoms with Gasteiger partial charge in [-0.25, -0.2) is 14.6 Å². The molecule has 1 aromatic heterocycles. The molecule has 0 fully saturated rings. The molecule has 6 nitrogen and oxygen atoms in total. The molecular formula is C21H29ClN2O4S. The molecule has 0 amide bonds. The van der Waals surface area contributed by atoms with Crippen molar-refractivity contribution in [1.29, 1.82) is 0 Å². The van der Waals surface area contributed by atoms with Gasteiger partial charge in [0.15, 0.2) is 0 Å². The number of carbonyl (C=O) groups is 2. The molecule has 1 aromatic carbocycles. The topological polar surface area (TPSA) is 92.4 Å². The predicted molar refractivity (Wildman–Crippen MR) is 118 cm³/mol. The summed E-state index contributed by atoms with van der Waals surface area (Å²) in [5.41, 5.74) is 1.37. The fourth-order valence-corrected chi connectivity index (χ4v) is 4.01. The van der Waals surface area contributed by atoms with Crippen LogP contribution >= 0.6 is 23.4 Å². The van der Waals surface area contributed by atoms with Crippen LogP contribution in [-0.4, -0.2) is 42.7 Å². The lowest BCUT2D eigenvalue weighted by molar-refractivity contribution is -0.159. The van der Waals surface area contributed by atoms with E-state index in [0.717, 1.165) is 18.0 Å². The fraction of sp³-hybridized carbons (Fsp3) is 0.476. The lowest BCUT2D eigenvalue weighted by Gasteiger charge is -2.17. The summed E-state index contributed by atoms with van der Waals surface area (Å²) in [4.78, 5) is 22.4. The van der Waals surface area contributed by atoms with Gasteiger partial charge in [0, 0.05) is 29.2 Å². The maximum absolute atomic E-state index is 9.10. The van der Waals surface area contributed by atoms with Gasteiger partial charge in [-0.15, -0.1) is 0 Å². The first kappa shape index (κ1) is 25.0. The summed E-state index contributed by atoms with van der Waals surface area (Å²) in [6, 6.07) is 8.25. The van der Waals surface area contributed by atoms with E-state index < -0.39 is 11.9 Å². The minimum absolute atomic E-state index is 0.640. The van der Waals surface area contributed by atoms with Crippen molar-refractivity contribution in [3.63, 3.8) is 0 Å². The third-order valence-electron chi connectivity index (χ3n) is 4.18. The molecule has 8 heteroatoms. The van der Waals surface area contributed by atoms with E-state index in [1.54, 1.807) is 0 Å². The molecule has 0 spiro atoms. The number of carboxylic acids is 2. The van der Waals surface area contributed by atoms with E-state index in [0.29, 0.717) is 5.25 Å². The highest BCUT2D eigenvalue weighted by Gasteiger charge is 2.10. The molecule has 1 atom stereocenters. The van der Waals surface area contributed by atoms with E-state index in [9.17, 15) is 0 Å². The molecule has 1 unspecified atom stereocenters. The van der Waals surface area contributed by atoms with Crippen LogP contribution in [0.2, 0.25) is 5.02 Å². The predicted octanol–water partition coefficient (Wildman–Crippen LogP) is 5.01. The smallest absolute Gasteiger partial charge is 0.414 e. The number of aryl methyl sites for hydroxylation is 1. The van der Waals surface area contributed by atoms with Crippen LogP contribution in [0, 0.1) is 0 Å². The maximum atomic E-state index is 9.10. The van der Waals surface area contributed by atoms with E-state index in [1.807, 2.05) is 24.7 Å². The second-order valence-electron chi connectivity index (χ2n) is 6.59. The van der Waals surface area contributed by atoms with Crippen molar-refractivity contribution in [3.05, 3.63) is 53.6 Å². The molecule has 29 heavy (non-hydrogen) atoms. The van der Waals surface area contributed by atoms with E-state index >= 15 is 0 Å². The van der Waals surface area contributed by atoms with E-state index in [4.69, 9.17) is 31.4 Å². The number of unbranched alkanes of at least 4 members (excludes halogenated alkanes) is 3. The quantitative estimate of drug-likeness (QED) is 0.377. The minimum Gasteiger partial charge on any atom is -0.473 e. The highest BCUT2D eigenvalue weighted by Crippen LogP contribution is 2.22. The van der Waals surface area contributed by atoms with Gasteiger partial charge in [0.2, 0.25) is 0 Å². The molecule has 0 saturated carbocycles. The van der Waals surface area contributed by atoms with Crippen molar-refractivity contribution in [2.24, 2.45) is 0 Å². The molecule has 0 radical (unpaired) electrons. The van der Waals surface area contributed by atoms with Gasteiger partial charge in [0.05, 0.1) is 6.33 Å². The zero-order chi connectivity index (χ0) is 21.5. The van der Waals surface area contributed by atoms with Gasteiger partial charge >= 0.3 is 11.9 Å². The highest BCUT2D eigenvalue weighted by atomic mass is 35.5. The standard InChI is InChI=1S/C19H27ClN2S.C2H2O4/c1-2-3-4-5-14-23-19(15-22-13-12-21-16-22)11-8-17-6-9-18(20)10-7-17;3-1(4)2(5)6/h6-7,9-10,12-13,16,19H,2-5,8,11,14-15H2,1H3;(H,3,4)(H,5,6). The van der Waals surface area contributed by atoms with Gasteiger partial charge < -0.3 is 14.8 Å². The zero-order valence-electron chi connectivity index (χ0n) is 16.7. The van der Waals surface area contributed by atoms with Crippen LogP contribution in [0.4, 0.5) is 0 Å². The van der Waals surface area contributed by atoms with E-state index in [-0.39, 0.29) is 0 Å². The van der Waals surface area contributed by atoms with E-state index in [2.05, 4.69) is 46.6 Å². The van der Waals surface area contributed by atoms with E-state index in [1.165, 1.54) is 43.4 Å². The monoisotopic (exact) mass is 440 g/mol. The van der Waals surface area contributed by atoms with Crippen LogP contribution < -0.4 is 0 Å². The summed E-state index contributed by atoms with van der Waals surface area (Å²) in [7, 11) is 0. The molecule has 160 valence electrons. The molecule has 0 aliphatic carbocycles. The van der Waals surface area contributed by atoms with Crippen LogP contribution in [0.1, 0.15) is 44.6 Å². The summed E-state index contributed by atoms with van der Waals surface area (Å²) in [6.45, 7) is 3.31. The summed E-state index contributed by atoms with van der Waals surface area (Å²) in [5, 5.41) is 16.2. The number of rotatable bonds is 11. The van der Waals surface area contributed by atoms with Gasteiger partial charge in [0.25, 0.3) is 0 Å². The van der Waals surface area contributed by atoms with Crippen molar-refractivity contribution in [2.75, 3.05) is 5.75 Å². The lowest BCUT2D eigenvalue weighted by Crippen LogP contribution is -2.14. The number of halogens is 1. The molecule has 2 aromatic rings. The first-order valence-electron chi connectivity index (χ1n) is 9.70. The molecule has 0 aliphatic heterocycles. The van der Waals surface area contributed by atoms with Crippen molar-refractivity contribution < 1.29 is 19.8 Å². The number of hydrogen-bond donors (Lipinski definition) is 2. The van der Waals surface area contributed by atoms with Crippen molar-refractivity contribution in [3.8, 4) is 0 Å². The average Bonchev–Trinajstić information content (AvgIpc) is 3.20. The fourth-order valence-electron chi connectivity index (χ4n) is 2.61. The highest BCUT2D eigenvalue weighted by molar-refractivity contribution is 7.99. The van der Waals surface area contributed by atoms with Gasteiger partial charge in [-0.05, 0) is 42.7 Å². The summed E-state index contributed by atoms with van der Waals surface area (Å²) < 4.78 is 2.20. The number of aliphatic carboxylic acids is 2. The molecular weight excluding hydrogens is 412 g/mol. The Morgan fingerprint density at radius 3 is 2.38 bits per heavy atom.